The van der Waals surface area contributed by atoms with Crippen LogP contribution in [0.4, 0.5) is 0 Å². The van der Waals surface area contributed by atoms with E-state index in [1.54, 1.807) is 13.0 Å². The number of amidine groups is 2. The van der Waals surface area contributed by atoms with Gasteiger partial charge in [0.2, 0.25) is 0 Å². The number of benzene rings is 1. The molecule has 1 saturated heterocycles. The van der Waals surface area contributed by atoms with Crippen LogP contribution in [-0.4, -0.2) is 93.8 Å². The van der Waals surface area contributed by atoms with Crippen LogP contribution >= 0.6 is 0 Å². The number of nitrogens with one attached hydrogen (secondary N) is 3. The number of phenols is 2. The molecule has 0 bridgehead atoms. The van der Waals surface area contributed by atoms with Gasteiger partial charge in [0.1, 0.15) is 17.3 Å². The molecule has 0 unspecified atom stereocenters. The first-order valence-electron chi connectivity index (χ1n) is 12.9. The van der Waals surface area contributed by atoms with Crippen LogP contribution in [0.15, 0.2) is 12.1 Å². The van der Waals surface area contributed by atoms with Gasteiger partial charge in [0.15, 0.2) is 5.84 Å². The predicted octanol–water partition coefficient (Wildman–Crippen LogP) is 2.91. The van der Waals surface area contributed by atoms with Gasteiger partial charge >= 0.3 is 0 Å². The summed E-state index contributed by atoms with van der Waals surface area (Å²) in [4.78, 5) is 19.2. The number of aromatic hydroxyl groups is 2. The highest BCUT2D eigenvalue weighted by molar-refractivity contribution is 6.40. The SMILES string of the molecule is CCNC(=O)C(=N)N(C(=N)c1cc(C(C)C)c(O)cc1O)C1CCC(N2CCN(CC)CC2)CC1. The first kappa shape index (κ1) is 26.9. The van der Waals surface area contributed by atoms with Gasteiger partial charge in [-0.1, -0.05) is 20.8 Å². The Kier molecular flexibility index (Phi) is 9.13. The molecule has 35 heavy (non-hydrogen) atoms. The number of carbonyl (C=O) groups excluding carboxylic acids is 1. The summed E-state index contributed by atoms with van der Waals surface area (Å²) in [6.07, 6.45) is 3.42. The largest absolute Gasteiger partial charge is 0.508 e. The zero-order valence-electron chi connectivity index (χ0n) is 21.6. The molecule has 5 N–H and O–H groups in total. The first-order chi connectivity index (χ1) is 16.7. The van der Waals surface area contributed by atoms with E-state index in [1.165, 1.54) is 11.0 Å². The first-order valence-corrected chi connectivity index (χ1v) is 12.9. The number of rotatable bonds is 6. The lowest BCUT2D eigenvalue weighted by atomic mass is 9.88. The fourth-order valence-electron chi connectivity index (χ4n) is 5.33. The highest BCUT2D eigenvalue weighted by Gasteiger charge is 2.35. The maximum absolute atomic E-state index is 12.7. The second-order valence-electron chi connectivity index (χ2n) is 9.94. The molecule has 1 aliphatic carbocycles. The summed E-state index contributed by atoms with van der Waals surface area (Å²) in [5, 5.41) is 41.1. The van der Waals surface area contributed by atoms with E-state index in [1.807, 2.05) is 13.8 Å². The number of hydrogen-bond acceptors (Lipinski definition) is 7. The topological polar surface area (TPSA) is 127 Å². The fraction of sp³-hybridized carbons (Fsp3) is 0.654. The van der Waals surface area contributed by atoms with Crippen molar-refractivity contribution in [3.63, 3.8) is 0 Å². The van der Waals surface area contributed by atoms with Crippen molar-refractivity contribution in [3.05, 3.63) is 23.3 Å². The third-order valence-electron chi connectivity index (χ3n) is 7.46. The molecule has 194 valence electrons. The highest BCUT2D eigenvalue weighted by Crippen LogP contribution is 2.35. The number of amides is 1. The molecule has 1 aromatic carbocycles. The monoisotopic (exact) mass is 486 g/mol. The van der Waals surface area contributed by atoms with Crippen molar-refractivity contribution in [1.29, 1.82) is 10.8 Å². The van der Waals surface area contributed by atoms with Crippen LogP contribution in [0.1, 0.15) is 70.4 Å². The second kappa shape index (κ2) is 11.9. The van der Waals surface area contributed by atoms with Crippen LogP contribution in [0.2, 0.25) is 0 Å². The molecular weight excluding hydrogens is 444 g/mol. The average Bonchev–Trinajstić information content (AvgIpc) is 2.84. The molecule has 2 fully saturated rings. The Morgan fingerprint density at radius 2 is 1.69 bits per heavy atom. The van der Waals surface area contributed by atoms with Gasteiger partial charge in [0.05, 0.1) is 5.56 Å². The summed E-state index contributed by atoms with van der Waals surface area (Å²) in [6.45, 7) is 13.6. The Balaban J connectivity index is 1.81. The summed E-state index contributed by atoms with van der Waals surface area (Å²) in [6, 6.07) is 3.16. The highest BCUT2D eigenvalue weighted by atomic mass is 16.3. The van der Waals surface area contributed by atoms with Crippen LogP contribution in [0.5, 0.6) is 11.5 Å². The molecule has 9 nitrogen and oxygen atoms in total. The van der Waals surface area contributed by atoms with E-state index in [9.17, 15) is 15.0 Å². The lowest BCUT2D eigenvalue weighted by Gasteiger charge is -2.44. The molecule has 1 aromatic rings. The number of carbonyl (C=O) groups is 1. The smallest absolute Gasteiger partial charge is 0.286 e. The van der Waals surface area contributed by atoms with E-state index >= 15 is 0 Å². The Morgan fingerprint density at radius 1 is 1.06 bits per heavy atom. The summed E-state index contributed by atoms with van der Waals surface area (Å²) >= 11 is 0. The van der Waals surface area contributed by atoms with Crippen LogP contribution < -0.4 is 5.32 Å². The number of hydrogen-bond donors (Lipinski definition) is 5. The van der Waals surface area contributed by atoms with E-state index < -0.39 is 5.91 Å². The van der Waals surface area contributed by atoms with Crippen LogP contribution in [-0.2, 0) is 4.79 Å². The third kappa shape index (κ3) is 6.13. The predicted molar refractivity (Wildman–Crippen MR) is 139 cm³/mol. The normalized spacial score (nSPS) is 21.6. The molecule has 1 amide bonds. The number of phenolic OH excluding ortho intramolecular Hbond substituents is 2. The number of piperazine rings is 1. The number of likely N-dealkylation sites (N-methyl/N-ethyl adjacent to an activating group) is 2. The van der Waals surface area contributed by atoms with E-state index in [-0.39, 0.29) is 40.7 Å². The summed E-state index contributed by atoms with van der Waals surface area (Å²) in [5.41, 5.74) is 0.834. The second-order valence-corrected chi connectivity index (χ2v) is 9.94. The Morgan fingerprint density at radius 3 is 2.23 bits per heavy atom. The van der Waals surface area contributed by atoms with Crippen LogP contribution in [0, 0.1) is 10.8 Å². The Bertz CT molecular complexity index is 918. The lowest BCUT2D eigenvalue weighted by molar-refractivity contribution is -0.115. The standard InChI is InChI=1S/C26H42N6O3/c1-5-29-26(35)25(28)32(24(27)21-15-20(17(3)4)22(33)16-23(21)34)19-9-7-18(8-10-19)31-13-11-30(6-2)12-14-31/h15-19,27-28,33-34H,5-14H2,1-4H3,(H,29,35). The minimum atomic E-state index is -0.530. The van der Waals surface area contributed by atoms with Gasteiger partial charge in [-0.15, -0.1) is 0 Å². The molecule has 0 radical (unpaired) electrons. The zero-order valence-corrected chi connectivity index (χ0v) is 21.6. The van der Waals surface area contributed by atoms with Gasteiger partial charge in [-0.2, -0.15) is 0 Å². The van der Waals surface area contributed by atoms with E-state index in [2.05, 4.69) is 22.0 Å². The van der Waals surface area contributed by atoms with E-state index in [0.29, 0.717) is 18.2 Å². The van der Waals surface area contributed by atoms with Gasteiger partial charge in [0.25, 0.3) is 5.91 Å². The van der Waals surface area contributed by atoms with Crippen molar-refractivity contribution < 1.29 is 15.0 Å². The molecular formula is C26H42N6O3. The minimum absolute atomic E-state index is 0.0120. The fourth-order valence-corrected chi connectivity index (χ4v) is 5.33. The molecule has 2 aliphatic rings. The summed E-state index contributed by atoms with van der Waals surface area (Å²) < 4.78 is 0. The van der Waals surface area contributed by atoms with Crippen LogP contribution in [0.25, 0.3) is 0 Å². The molecule has 9 heteroatoms. The Hall–Kier alpha value is -2.65. The summed E-state index contributed by atoms with van der Waals surface area (Å²) in [5.74, 6) is -1.16. The van der Waals surface area contributed by atoms with Gasteiger partial charge in [-0.3, -0.25) is 20.5 Å². The van der Waals surface area contributed by atoms with Gasteiger partial charge in [-0.05, 0) is 56.7 Å². The average molecular weight is 487 g/mol. The van der Waals surface area contributed by atoms with Gasteiger partial charge in [-0.25, -0.2) is 0 Å². The van der Waals surface area contributed by atoms with Crippen molar-refractivity contribution in [2.45, 2.75) is 71.4 Å². The maximum atomic E-state index is 12.7. The molecule has 1 saturated carbocycles. The summed E-state index contributed by atoms with van der Waals surface area (Å²) in [7, 11) is 0. The molecule has 0 atom stereocenters. The quantitative estimate of drug-likeness (QED) is 0.311. The van der Waals surface area contributed by atoms with Gasteiger partial charge in [0, 0.05) is 50.9 Å². The van der Waals surface area contributed by atoms with E-state index in [0.717, 1.165) is 58.4 Å². The number of nitrogens with zero attached hydrogens (tertiary/aromatic N) is 3. The molecule has 1 heterocycles. The van der Waals surface area contributed by atoms with Crippen molar-refractivity contribution in [1.82, 2.24) is 20.0 Å². The third-order valence-corrected chi connectivity index (χ3v) is 7.46. The van der Waals surface area contributed by atoms with Crippen LogP contribution in [0.3, 0.4) is 0 Å². The van der Waals surface area contributed by atoms with Gasteiger partial charge < -0.3 is 25.3 Å². The molecule has 3 rings (SSSR count). The Labute approximate surface area is 209 Å². The maximum Gasteiger partial charge on any atom is 0.286 e. The van der Waals surface area contributed by atoms with E-state index in [4.69, 9.17) is 10.8 Å². The molecule has 0 aromatic heterocycles. The molecule has 1 aliphatic heterocycles. The van der Waals surface area contributed by atoms with Crippen molar-refractivity contribution in [3.8, 4) is 11.5 Å². The molecule has 0 spiro atoms. The lowest BCUT2D eigenvalue weighted by Crippen LogP contribution is -2.54. The van der Waals surface area contributed by atoms with Crippen molar-refractivity contribution >= 4 is 17.6 Å². The van der Waals surface area contributed by atoms with Crippen molar-refractivity contribution in [2.24, 2.45) is 0 Å². The minimum Gasteiger partial charge on any atom is -0.508 e. The zero-order chi connectivity index (χ0) is 25.7. The van der Waals surface area contributed by atoms with Crippen molar-refractivity contribution in [2.75, 3.05) is 39.3 Å².